The molecule has 0 heteroatoms. The van der Waals surface area contributed by atoms with Gasteiger partial charge in [0.1, 0.15) is 0 Å². The van der Waals surface area contributed by atoms with Gasteiger partial charge in [0, 0.05) is 5.92 Å². The van der Waals surface area contributed by atoms with Crippen molar-refractivity contribution in [3.63, 3.8) is 0 Å². The van der Waals surface area contributed by atoms with Gasteiger partial charge in [-0.15, -0.1) is 0 Å². The topological polar surface area (TPSA) is 0 Å². The summed E-state index contributed by atoms with van der Waals surface area (Å²) < 4.78 is 0. The number of allylic oxidation sites excluding steroid dienone is 4. The summed E-state index contributed by atoms with van der Waals surface area (Å²) in [5, 5.41) is 0. The third-order valence-electron chi connectivity index (χ3n) is 4.97. The van der Waals surface area contributed by atoms with Crippen molar-refractivity contribution in [1.29, 1.82) is 0 Å². The van der Waals surface area contributed by atoms with Crippen molar-refractivity contribution in [3.05, 3.63) is 28.2 Å². The van der Waals surface area contributed by atoms with Crippen LogP contribution in [0.5, 0.6) is 0 Å². The molecule has 0 heterocycles. The van der Waals surface area contributed by atoms with Crippen LogP contribution in [0.2, 0.25) is 0 Å². The molecule has 0 aromatic heterocycles. The lowest BCUT2D eigenvalue weighted by Gasteiger charge is -2.35. The van der Waals surface area contributed by atoms with E-state index in [1.807, 2.05) is 0 Å². The van der Waals surface area contributed by atoms with Gasteiger partial charge in [-0.05, 0) is 49.2 Å². The average molecular weight is 203 g/mol. The first-order chi connectivity index (χ1) is 6.95. The Morgan fingerprint density at radius 2 is 1.53 bits per heavy atom. The summed E-state index contributed by atoms with van der Waals surface area (Å²) >= 11 is 0. The van der Waals surface area contributed by atoms with Gasteiger partial charge in [0.25, 0.3) is 0 Å². The van der Waals surface area contributed by atoms with Gasteiger partial charge in [0.05, 0.1) is 0 Å². The fraction of sp³-hybridized carbons (Fsp3) is 0.667. The highest BCUT2D eigenvalue weighted by atomic mass is 14.4. The number of hydrogen-bond donors (Lipinski definition) is 0. The van der Waals surface area contributed by atoms with Crippen LogP contribution in [-0.4, -0.2) is 0 Å². The molecule has 3 unspecified atom stereocenters. The quantitative estimate of drug-likeness (QED) is 0.542. The van der Waals surface area contributed by atoms with Gasteiger partial charge in [0.15, 0.2) is 0 Å². The SMILES string of the molecule is C[C]1C(C)=C(C)C2=C1CC(C)C(C)C2C. The van der Waals surface area contributed by atoms with E-state index < -0.39 is 0 Å². The van der Waals surface area contributed by atoms with Crippen molar-refractivity contribution in [2.45, 2.75) is 48.0 Å². The molecular weight excluding hydrogens is 180 g/mol. The van der Waals surface area contributed by atoms with Gasteiger partial charge in [-0.25, -0.2) is 0 Å². The molecule has 0 aliphatic heterocycles. The molecule has 83 valence electrons. The van der Waals surface area contributed by atoms with Gasteiger partial charge in [-0.3, -0.25) is 0 Å². The molecule has 0 amide bonds. The van der Waals surface area contributed by atoms with E-state index in [4.69, 9.17) is 0 Å². The highest BCUT2D eigenvalue weighted by molar-refractivity contribution is 5.59. The van der Waals surface area contributed by atoms with E-state index in [1.165, 1.54) is 12.0 Å². The minimum Gasteiger partial charge on any atom is -0.0619 e. The third kappa shape index (κ3) is 1.41. The zero-order valence-electron chi connectivity index (χ0n) is 10.9. The molecule has 2 aliphatic rings. The maximum absolute atomic E-state index is 2.41. The Morgan fingerprint density at radius 1 is 0.933 bits per heavy atom. The lowest BCUT2D eigenvalue weighted by molar-refractivity contribution is 0.288. The minimum atomic E-state index is 0.746. The Labute approximate surface area is 94.5 Å². The fourth-order valence-electron chi connectivity index (χ4n) is 3.28. The predicted molar refractivity (Wildman–Crippen MR) is 66.4 cm³/mol. The predicted octanol–water partition coefficient (Wildman–Crippen LogP) is 4.54. The molecule has 0 saturated heterocycles. The molecule has 15 heavy (non-hydrogen) atoms. The van der Waals surface area contributed by atoms with Crippen molar-refractivity contribution in [2.24, 2.45) is 17.8 Å². The summed E-state index contributed by atoms with van der Waals surface area (Å²) in [6.45, 7) is 14.1. The summed E-state index contributed by atoms with van der Waals surface area (Å²) in [5.74, 6) is 3.98. The van der Waals surface area contributed by atoms with E-state index in [-0.39, 0.29) is 0 Å². The van der Waals surface area contributed by atoms with Crippen LogP contribution in [0.1, 0.15) is 48.0 Å². The first-order valence-corrected chi connectivity index (χ1v) is 6.20. The van der Waals surface area contributed by atoms with E-state index in [0.717, 1.165) is 17.8 Å². The molecule has 2 aliphatic carbocycles. The Balaban J connectivity index is 2.45. The van der Waals surface area contributed by atoms with Crippen molar-refractivity contribution in [3.8, 4) is 0 Å². The van der Waals surface area contributed by atoms with Crippen LogP contribution in [0.15, 0.2) is 22.3 Å². The standard InChI is InChI=1S/C15H23/c1-8-7-14-11(4)10(3)13(6)15(14)12(5)9(8)2/h8-9,12H,7H2,1-6H3. The van der Waals surface area contributed by atoms with Crippen molar-refractivity contribution in [2.75, 3.05) is 0 Å². The van der Waals surface area contributed by atoms with Crippen LogP contribution >= 0.6 is 0 Å². The summed E-state index contributed by atoms with van der Waals surface area (Å²) in [4.78, 5) is 0. The highest BCUT2D eigenvalue weighted by Crippen LogP contribution is 2.50. The second-order valence-electron chi connectivity index (χ2n) is 5.60. The van der Waals surface area contributed by atoms with Crippen LogP contribution in [0, 0.1) is 23.7 Å². The first kappa shape index (κ1) is 11.0. The lowest BCUT2D eigenvalue weighted by atomic mass is 9.70. The molecule has 1 radical (unpaired) electrons. The maximum atomic E-state index is 2.41. The fourth-order valence-corrected chi connectivity index (χ4v) is 3.28. The molecule has 0 nitrogen and oxygen atoms in total. The zero-order chi connectivity index (χ0) is 11.3. The smallest absolute Gasteiger partial charge is 0.0230 e. The summed E-state index contributed by atoms with van der Waals surface area (Å²) in [5.41, 5.74) is 6.45. The van der Waals surface area contributed by atoms with Gasteiger partial charge in [0.2, 0.25) is 0 Å². The molecule has 0 N–H and O–H groups in total. The van der Waals surface area contributed by atoms with Crippen molar-refractivity contribution >= 4 is 0 Å². The average Bonchev–Trinajstić information content (AvgIpc) is 2.40. The van der Waals surface area contributed by atoms with Crippen molar-refractivity contribution in [1.82, 2.24) is 0 Å². The van der Waals surface area contributed by atoms with Gasteiger partial charge < -0.3 is 0 Å². The summed E-state index contributed by atoms with van der Waals surface area (Å²) in [7, 11) is 0. The molecule has 0 aromatic carbocycles. The highest BCUT2D eigenvalue weighted by Gasteiger charge is 2.37. The monoisotopic (exact) mass is 203 g/mol. The molecule has 2 rings (SSSR count). The van der Waals surface area contributed by atoms with Gasteiger partial charge in [-0.2, -0.15) is 0 Å². The second-order valence-corrected chi connectivity index (χ2v) is 5.60. The number of hydrogen-bond acceptors (Lipinski definition) is 0. The zero-order valence-corrected chi connectivity index (χ0v) is 10.9. The van der Waals surface area contributed by atoms with Gasteiger partial charge >= 0.3 is 0 Å². The molecule has 0 bridgehead atoms. The van der Waals surface area contributed by atoms with E-state index >= 15 is 0 Å². The molecular formula is C15H23. The first-order valence-electron chi connectivity index (χ1n) is 6.20. The largest absolute Gasteiger partial charge is 0.0619 e. The molecule has 0 fully saturated rings. The lowest BCUT2D eigenvalue weighted by Crippen LogP contribution is -2.25. The Kier molecular flexibility index (Phi) is 2.56. The normalized spacial score (nSPS) is 37.6. The van der Waals surface area contributed by atoms with E-state index in [9.17, 15) is 0 Å². The molecule has 0 aromatic rings. The number of rotatable bonds is 0. The van der Waals surface area contributed by atoms with Crippen molar-refractivity contribution < 1.29 is 0 Å². The van der Waals surface area contributed by atoms with Crippen LogP contribution in [-0.2, 0) is 0 Å². The maximum Gasteiger partial charge on any atom is 0.0230 e. The van der Waals surface area contributed by atoms with Crippen LogP contribution in [0.3, 0.4) is 0 Å². The van der Waals surface area contributed by atoms with Crippen LogP contribution in [0.25, 0.3) is 0 Å². The molecule has 0 saturated carbocycles. The molecule has 0 spiro atoms. The van der Waals surface area contributed by atoms with Crippen LogP contribution < -0.4 is 0 Å². The summed E-state index contributed by atoms with van der Waals surface area (Å²) in [6.07, 6.45) is 1.29. The van der Waals surface area contributed by atoms with Gasteiger partial charge in [-0.1, -0.05) is 38.8 Å². The van der Waals surface area contributed by atoms with E-state index in [1.54, 1.807) is 22.6 Å². The third-order valence-corrected chi connectivity index (χ3v) is 4.97. The summed E-state index contributed by atoms with van der Waals surface area (Å²) in [6, 6.07) is 0. The molecule has 3 atom stereocenters. The Morgan fingerprint density at radius 3 is 2.13 bits per heavy atom. The Bertz CT molecular complexity index is 343. The van der Waals surface area contributed by atoms with E-state index in [2.05, 4.69) is 41.5 Å². The van der Waals surface area contributed by atoms with E-state index in [0.29, 0.717) is 0 Å². The minimum absolute atomic E-state index is 0.746. The second kappa shape index (κ2) is 3.50. The van der Waals surface area contributed by atoms with Crippen LogP contribution in [0.4, 0.5) is 0 Å². The Hall–Kier alpha value is -0.520.